The quantitative estimate of drug-likeness (QED) is 0.659. The number of nitrogens with two attached hydrogens (primary N) is 1. The van der Waals surface area contributed by atoms with Crippen LogP contribution in [0.3, 0.4) is 0 Å². The van der Waals surface area contributed by atoms with Crippen molar-refractivity contribution in [3.63, 3.8) is 0 Å². The second-order valence-electron chi connectivity index (χ2n) is 3.65. The van der Waals surface area contributed by atoms with Crippen molar-refractivity contribution >= 4 is 6.34 Å². The first-order valence-electron chi connectivity index (χ1n) is 4.75. The molecule has 0 spiro atoms. The molecule has 3 unspecified atom stereocenters. The molecular formula is C9H19N3. The highest BCUT2D eigenvalue weighted by Crippen LogP contribution is 2.12. The average Bonchev–Trinajstić information content (AvgIpc) is 2.03. The van der Waals surface area contributed by atoms with E-state index in [1.165, 1.54) is 0 Å². The molecule has 0 aliphatic carbocycles. The van der Waals surface area contributed by atoms with E-state index in [0.717, 1.165) is 19.3 Å². The van der Waals surface area contributed by atoms with E-state index >= 15 is 0 Å². The lowest BCUT2D eigenvalue weighted by atomic mass is 9.99. The SMILES string of the molecule is CCC1CC(CC(C)N)NC=N1. The molecule has 0 aromatic carbocycles. The Kier molecular flexibility index (Phi) is 3.53. The summed E-state index contributed by atoms with van der Waals surface area (Å²) in [5.74, 6) is 0. The van der Waals surface area contributed by atoms with Crippen LogP contribution in [0.5, 0.6) is 0 Å². The van der Waals surface area contributed by atoms with E-state index in [9.17, 15) is 0 Å². The van der Waals surface area contributed by atoms with Crippen LogP contribution in [0.25, 0.3) is 0 Å². The molecule has 3 nitrogen and oxygen atoms in total. The third-order valence-electron chi connectivity index (χ3n) is 2.28. The lowest BCUT2D eigenvalue weighted by Crippen LogP contribution is -2.39. The van der Waals surface area contributed by atoms with Crippen LogP contribution in [0.1, 0.15) is 33.1 Å². The van der Waals surface area contributed by atoms with Gasteiger partial charge in [-0.15, -0.1) is 0 Å². The summed E-state index contributed by atoms with van der Waals surface area (Å²) in [6.07, 6.45) is 5.15. The molecule has 0 aromatic heterocycles. The maximum atomic E-state index is 5.73. The predicted octanol–water partition coefficient (Wildman–Crippen LogP) is 0.893. The van der Waals surface area contributed by atoms with Crippen LogP contribution in [0, 0.1) is 0 Å². The van der Waals surface area contributed by atoms with Gasteiger partial charge in [0, 0.05) is 12.1 Å². The summed E-state index contributed by atoms with van der Waals surface area (Å²) in [6.45, 7) is 4.23. The minimum atomic E-state index is 0.284. The molecule has 0 fully saturated rings. The molecule has 3 N–H and O–H groups in total. The maximum Gasteiger partial charge on any atom is 0.0829 e. The molecule has 3 atom stereocenters. The Labute approximate surface area is 74.4 Å². The zero-order chi connectivity index (χ0) is 8.97. The van der Waals surface area contributed by atoms with E-state index < -0.39 is 0 Å². The molecule has 3 heteroatoms. The number of nitrogens with one attached hydrogen (secondary N) is 1. The third kappa shape index (κ3) is 2.81. The fourth-order valence-electron chi connectivity index (χ4n) is 1.60. The highest BCUT2D eigenvalue weighted by atomic mass is 15.0. The molecule has 0 saturated carbocycles. The van der Waals surface area contributed by atoms with Gasteiger partial charge in [0.15, 0.2) is 0 Å². The Balaban J connectivity index is 2.34. The summed E-state index contributed by atoms with van der Waals surface area (Å²) in [5.41, 5.74) is 5.73. The van der Waals surface area contributed by atoms with Crippen LogP contribution < -0.4 is 11.1 Å². The van der Waals surface area contributed by atoms with Gasteiger partial charge in [-0.05, 0) is 26.2 Å². The summed E-state index contributed by atoms with van der Waals surface area (Å²) in [4.78, 5) is 4.33. The van der Waals surface area contributed by atoms with Crippen molar-refractivity contribution in [3.05, 3.63) is 0 Å². The first kappa shape index (κ1) is 9.52. The number of hydrogen-bond acceptors (Lipinski definition) is 3. The van der Waals surface area contributed by atoms with Crippen molar-refractivity contribution < 1.29 is 0 Å². The lowest BCUT2D eigenvalue weighted by molar-refractivity contribution is 0.419. The molecule has 1 aliphatic heterocycles. The molecular weight excluding hydrogens is 150 g/mol. The first-order chi connectivity index (χ1) is 5.72. The Bertz CT molecular complexity index is 154. The Morgan fingerprint density at radius 2 is 2.50 bits per heavy atom. The van der Waals surface area contributed by atoms with Crippen LogP contribution in [-0.2, 0) is 0 Å². The fourth-order valence-corrected chi connectivity index (χ4v) is 1.60. The normalized spacial score (nSPS) is 31.2. The van der Waals surface area contributed by atoms with Crippen LogP contribution in [0.4, 0.5) is 0 Å². The van der Waals surface area contributed by atoms with Crippen molar-refractivity contribution in [2.45, 2.75) is 51.2 Å². The smallest absolute Gasteiger partial charge is 0.0829 e. The largest absolute Gasteiger partial charge is 0.374 e. The molecule has 1 aliphatic rings. The number of hydrogen-bond donors (Lipinski definition) is 2. The third-order valence-corrected chi connectivity index (χ3v) is 2.28. The fraction of sp³-hybridized carbons (Fsp3) is 0.889. The average molecular weight is 169 g/mol. The van der Waals surface area contributed by atoms with E-state index in [1.807, 2.05) is 13.3 Å². The summed E-state index contributed by atoms with van der Waals surface area (Å²) < 4.78 is 0. The maximum absolute atomic E-state index is 5.73. The highest BCUT2D eigenvalue weighted by Gasteiger charge is 2.17. The summed E-state index contributed by atoms with van der Waals surface area (Å²) in [7, 11) is 0. The zero-order valence-corrected chi connectivity index (χ0v) is 7.96. The van der Waals surface area contributed by atoms with Crippen molar-refractivity contribution in [1.29, 1.82) is 0 Å². The summed E-state index contributed by atoms with van der Waals surface area (Å²) in [6, 6.07) is 1.33. The Morgan fingerprint density at radius 1 is 1.75 bits per heavy atom. The molecule has 70 valence electrons. The molecule has 12 heavy (non-hydrogen) atoms. The lowest BCUT2D eigenvalue weighted by Gasteiger charge is -2.26. The highest BCUT2D eigenvalue weighted by molar-refractivity contribution is 5.56. The van der Waals surface area contributed by atoms with Gasteiger partial charge in [-0.1, -0.05) is 6.92 Å². The standard InChI is InChI=1S/C9H19N3/c1-3-8-5-9(4-7(2)10)12-6-11-8/h6-9H,3-5,10H2,1-2H3,(H,11,12). The van der Waals surface area contributed by atoms with Gasteiger partial charge >= 0.3 is 0 Å². The van der Waals surface area contributed by atoms with Gasteiger partial charge in [-0.2, -0.15) is 0 Å². The second-order valence-corrected chi connectivity index (χ2v) is 3.65. The van der Waals surface area contributed by atoms with Gasteiger partial charge in [0.2, 0.25) is 0 Å². The van der Waals surface area contributed by atoms with Crippen LogP contribution in [0.15, 0.2) is 4.99 Å². The van der Waals surface area contributed by atoms with Gasteiger partial charge in [0.25, 0.3) is 0 Å². The Hall–Kier alpha value is -0.570. The van der Waals surface area contributed by atoms with E-state index in [-0.39, 0.29) is 6.04 Å². The van der Waals surface area contributed by atoms with Crippen molar-refractivity contribution in [1.82, 2.24) is 5.32 Å². The molecule has 0 amide bonds. The van der Waals surface area contributed by atoms with E-state index in [1.54, 1.807) is 0 Å². The van der Waals surface area contributed by atoms with Gasteiger partial charge in [0.1, 0.15) is 0 Å². The van der Waals surface area contributed by atoms with Crippen LogP contribution in [-0.4, -0.2) is 24.5 Å². The van der Waals surface area contributed by atoms with E-state index in [2.05, 4.69) is 17.2 Å². The molecule has 0 aromatic rings. The molecule has 1 rings (SSSR count). The minimum absolute atomic E-state index is 0.284. The van der Waals surface area contributed by atoms with Crippen molar-refractivity contribution in [2.75, 3.05) is 0 Å². The minimum Gasteiger partial charge on any atom is -0.374 e. The topological polar surface area (TPSA) is 50.4 Å². The predicted molar refractivity (Wildman–Crippen MR) is 52.4 cm³/mol. The number of aliphatic imine (C=N–C) groups is 1. The number of nitrogens with zero attached hydrogens (tertiary/aromatic N) is 1. The molecule has 0 bridgehead atoms. The van der Waals surface area contributed by atoms with Crippen molar-refractivity contribution in [2.24, 2.45) is 10.7 Å². The molecule has 0 radical (unpaired) electrons. The first-order valence-corrected chi connectivity index (χ1v) is 4.75. The van der Waals surface area contributed by atoms with Gasteiger partial charge < -0.3 is 11.1 Å². The summed E-state index contributed by atoms with van der Waals surface area (Å²) >= 11 is 0. The van der Waals surface area contributed by atoms with E-state index in [0.29, 0.717) is 12.1 Å². The van der Waals surface area contributed by atoms with Gasteiger partial charge in [-0.3, -0.25) is 4.99 Å². The molecule has 1 heterocycles. The van der Waals surface area contributed by atoms with Crippen molar-refractivity contribution in [3.8, 4) is 0 Å². The van der Waals surface area contributed by atoms with E-state index in [4.69, 9.17) is 5.73 Å². The second kappa shape index (κ2) is 4.45. The van der Waals surface area contributed by atoms with Crippen LogP contribution >= 0.6 is 0 Å². The molecule has 0 saturated heterocycles. The summed E-state index contributed by atoms with van der Waals surface area (Å²) in [5, 5.41) is 3.24. The zero-order valence-electron chi connectivity index (χ0n) is 7.96. The van der Waals surface area contributed by atoms with Gasteiger partial charge in [-0.25, -0.2) is 0 Å². The number of rotatable bonds is 3. The monoisotopic (exact) mass is 169 g/mol. The van der Waals surface area contributed by atoms with Gasteiger partial charge in [0.05, 0.1) is 12.4 Å². The Morgan fingerprint density at radius 3 is 3.08 bits per heavy atom. The van der Waals surface area contributed by atoms with Crippen LogP contribution in [0.2, 0.25) is 0 Å².